The standard InChI is InChI=1S/C17H19IN2/c1-12(2)20-11-16(13-6-4-3-5-7-13)19-15-10-14(18)8-9-17(15)20/h3-10,12,16,19H,11H2,1-2H3/t16-/m1/s1. The Morgan fingerprint density at radius 1 is 1.15 bits per heavy atom. The van der Waals surface area contributed by atoms with E-state index in [0.717, 1.165) is 6.54 Å². The van der Waals surface area contributed by atoms with Crippen LogP contribution >= 0.6 is 22.6 Å². The molecule has 0 saturated heterocycles. The van der Waals surface area contributed by atoms with E-state index >= 15 is 0 Å². The fourth-order valence-corrected chi connectivity index (χ4v) is 3.26. The number of nitrogens with one attached hydrogen (secondary N) is 1. The minimum absolute atomic E-state index is 0.351. The first-order chi connectivity index (χ1) is 9.65. The second-order valence-electron chi connectivity index (χ2n) is 5.52. The lowest BCUT2D eigenvalue weighted by Crippen LogP contribution is -2.40. The van der Waals surface area contributed by atoms with Crippen molar-refractivity contribution >= 4 is 34.0 Å². The number of anilines is 2. The van der Waals surface area contributed by atoms with Crippen molar-refractivity contribution in [2.24, 2.45) is 0 Å². The van der Waals surface area contributed by atoms with Gasteiger partial charge in [0.1, 0.15) is 0 Å². The van der Waals surface area contributed by atoms with E-state index in [2.05, 4.69) is 95.2 Å². The van der Waals surface area contributed by atoms with Gasteiger partial charge in [-0.3, -0.25) is 0 Å². The second kappa shape index (κ2) is 5.64. The zero-order valence-corrected chi connectivity index (χ0v) is 14.0. The number of hydrogen-bond acceptors (Lipinski definition) is 2. The summed E-state index contributed by atoms with van der Waals surface area (Å²) in [6.07, 6.45) is 0. The van der Waals surface area contributed by atoms with Crippen molar-refractivity contribution in [1.82, 2.24) is 0 Å². The topological polar surface area (TPSA) is 15.3 Å². The molecular weight excluding hydrogens is 359 g/mol. The van der Waals surface area contributed by atoms with E-state index in [1.165, 1.54) is 20.5 Å². The lowest BCUT2D eigenvalue weighted by molar-refractivity contribution is 0.617. The van der Waals surface area contributed by atoms with Crippen molar-refractivity contribution in [3.63, 3.8) is 0 Å². The van der Waals surface area contributed by atoms with E-state index < -0.39 is 0 Å². The molecule has 2 aromatic carbocycles. The molecule has 1 heterocycles. The Labute approximate surface area is 134 Å². The molecule has 1 N–H and O–H groups in total. The Balaban J connectivity index is 2.00. The van der Waals surface area contributed by atoms with Crippen LogP contribution in [0.3, 0.4) is 0 Å². The van der Waals surface area contributed by atoms with E-state index in [4.69, 9.17) is 0 Å². The minimum Gasteiger partial charge on any atom is -0.375 e. The van der Waals surface area contributed by atoms with Crippen molar-refractivity contribution in [3.05, 3.63) is 57.7 Å². The molecule has 20 heavy (non-hydrogen) atoms. The summed E-state index contributed by atoms with van der Waals surface area (Å²) in [7, 11) is 0. The molecule has 0 fully saturated rings. The molecule has 0 radical (unpaired) electrons. The van der Waals surface area contributed by atoms with Gasteiger partial charge in [0.2, 0.25) is 0 Å². The van der Waals surface area contributed by atoms with Gasteiger partial charge < -0.3 is 10.2 Å². The average Bonchev–Trinajstić information content (AvgIpc) is 2.46. The van der Waals surface area contributed by atoms with Crippen LogP contribution in [0.25, 0.3) is 0 Å². The number of fused-ring (bicyclic) bond motifs is 1. The number of hydrogen-bond donors (Lipinski definition) is 1. The van der Waals surface area contributed by atoms with Gasteiger partial charge in [0.05, 0.1) is 17.4 Å². The predicted octanol–water partition coefficient (Wildman–Crippen LogP) is 4.67. The Bertz CT molecular complexity index is 595. The van der Waals surface area contributed by atoms with Gasteiger partial charge in [0, 0.05) is 16.2 Å². The zero-order valence-electron chi connectivity index (χ0n) is 11.8. The highest BCUT2D eigenvalue weighted by Crippen LogP contribution is 2.37. The summed E-state index contributed by atoms with van der Waals surface area (Å²) in [5.74, 6) is 0. The molecule has 0 amide bonds. The zero-order chi connectivity index (χ0) is 14.1. The smallest absolute Gasteiger partial charge is 0.0689 e. The molecule has 0 aromatic heterocycles. The van der Waals surface area contributed by atoms with Crippen LogP contribution in [-0.4, -0.2) is 12.6 Å². The molecule has 0 spiro atoms. The van der Waals surface area contributed by atoms with Crippen LogP contribution in [0, 0.1) is 3.57 Å². The molecule has 0 bridgehead atoms. The Morgan fingerprint density at radius 2 is 1.90 bits per heavy atom. The number of halogens is 1. The van der Waals surface area contributed by atoms with Crippen LogP contribution in [0.15, 0.2) is 48.5 Å². The summed E-state index contributed by atoms with van der Waals surface area (Å²) in [6.45, 7) is 5.53. The molecule has 0 unspecified atom stereocenters. The molecule has 0 saturated carbocycles. The molecule has 1 aliphatic heterocycles. The first kappa shape index (κ1) is 13.7. The number of nitrogens with zero attached hydrogens (tertiary/aromatic N) is 1. The fourth-order valence-electron chi connectivity index (χ4n) is 2.77. The van der Waals surface area contributed by atoms with Crippen molar-refractivity contribution in [2.75, 3.05) is 16.8 Å². The molecule has 3 heteroatoms. The molecule has 1 aliphatic rings. The van der Waals surface area contributed by atoms with Crippen LogP contribution in [0.2, 0.25) is 0 Å². The van der Waals surface area contributed by atoms with E-state index in [0.29, 0.717) is 12.1 Å². The third-order valence-corrected chi connectivity index (χ3v) is 4.47. The first-order valence-electron chi connectivity index (χ1n) is 7.03. The monoisotopic (exact) mass is 378 g/mol. The van der Waals surface area contributed by atoms with Crippen LogP contribution in [0.1, 0.15) is 25.5 Å². The molecule has 1 atom stereocenters. The third-order valence-electron chi connectivity index (χ3n) is 3.80. The summed E-state index contributed by atoms with van der Waals surface area (Å²) < 4.78 is 1.27. The second-order valence-corrected chi connectivity index (χ2v) is 6.76. The fraction of sp³-hybridized carbons (Fsp3) is 0.294. The quantitative estimate of drug-likeness (QED) is 0.764. The highest BCUT2D eigenvalue weighted by molar-refractivity contribution is 14.1. The van der Waals surface area contributed by atoms with Gasteiger partial charge in [-0.2, -0.15) is 0 Å². The Hall–Kier alpha value is -1.23. The molecule has 104 valence electrons. The van der Waals surface area contributed by atoms with Gasteiger partial charge in [-0.25, -0.2) is 0 Å². The molecule has 3 rings (SSSR count). The molecular formula is C17H19IN2. The van der Waals surface area contributed by atoms with Gasteiger partial charge >= 0.3 is 0 Å². The highest BCUT2D eigenvalue weighted by atomic mass is 127. The van der Waals surface area contributed by atoms with Gasteiger partial charge in [-0.15, -0.1) is 0 Å². The number of benzene rings is 2. The van der Waals surface area contributed by atoms with Crippen LogP contribution in [0.4, 0.5) is 11.4 Å². The summed E-state index contributed by atoms with van der Waals surface area (Å²) in [5.41, 5.74) is 3.90. The van der Waals surface area contributed by atoms with Gasteiger partial charge in [0.25, 0.3) is 0 Å². The highest BCUT2D eigenvalue weighted by Gasteiger charge is 2.26. The van der Waals surface area contributed by atoms with E-state index in [9.17, 15) is 0 Å². The predicted molar refractivity (Wildman–Crippen MR) is 94.4 cm³/mol. The van der Waals surface area contributed by atoms with E-state index in [1.807, 2.05) is 0 Å². The molecule has 0 aliphatic carbocycles. The van der Waals surface area contributed by atoms with Crippen molar-refractivity contribution in [3.8, 4) is 0 Å². The average molecular weight is 378 g/mol. The van der Waals surface area contributed by atoms with Gasteiger partial charge in [0.15, 0.2) is 0 Å². The summed E-state index contributed by atoms with van der Waals surface area (Å²) in [4.78, 5) is 2.49. The van der Waals surface area contributed by atoms with Gasteiger partial charge in [-0.1, -0.05) is 30.3 Å². The maximum absolute atomic E-state index is 3.69. The Kier molecular flexibility index (Phi) is 3.87. The molecule has 2 aromatic rings. The van der Waals surface area contributed by atoms with Crippen molar-refractivity contribution in [1.29, 1.82) is 0 Å². The van der Waals surface area contributed by atoms with Gasteiger partial charge in [-0.05, 0) is 60.2 Å². The minimum atomic E-state index is 0.351. The molecule has 2 nitrogen and oxygen atoms in total. The SMILES string of the molecule is CC(C)N1C[C@H](c2ccccc2)Nc2cc(I)ccc21. The summed E-state index contributed by atoms with van der Waals surface area (Å²) in [5, 5.41) is 3.69. The van der Waals surface area contributed by atoms with E-state index in [1.54, 1.807) is 0 Å². The maximum atomic E-state index is 3.69. The summed E-state index contributed by atoms with van der Waals surface area (Å²) in [6, 6.07) is 18.2. The lowest BCUT2D eigenvalue weighted by Gasteiger charge is -2.40. The van der Waals surface area contributed by atoms with Crippen molar-refractivity contribution in [2.45, 2.75) is 25.9 Å². The maximum Gasteiger partial charge on any atom is 0.0689 e. The Morgan fingerprint density at radius 3 is 2.60 bits per heavy atom. The van der Waals surface area contributed by atoms with E-state index in [-0.39, 0.29) is 0 Å². The van der Waals surface area contributed by atoms with Crippen LogP contribution in [-0.2, 0) is 0 Å². The number of rotatable bonds is 2. The lowest BCUT2D eigenvalue weighted by atomic mass is 10.0. The first-order valence-corrected chi connectivity index (χ1v) is 8.10. The largest absolute Gasteiger partial charge is 0.375 e. The normalized spacial score (nSPS) is 17.8. The van der Waals surface area contributed by atoms with Crippen LogP contribution < -0.4 is 10.2 Å². The third kappa shape index (κ3) is 2.64. The van der Waals surface area contributed by atoms with Crippen LogP contribution in [0.5, 0.6) is 0 Å². The van der Waals surface area contributed by atoms with Crippen molar-refractivity contribution < 1.29 is 0 Å². The summed E-state index contributed by atoms with van der Waals surface area (Å²) >= 11 is 2.37.